The predicted molar refractivity (Wildman–Crippen MR) is 167 cm³/mol. The standard InChI is InChI=1S/C34H30N4O6S2/c35-18-23(19-36)45(39,40)22-9-10-24(29(17-22)46(41,42)43)30-27-15-20-5-1-11-37-13-3-7-25(31(20)37)33(27)44-34-26-8-4-14-38-12-2-6-21(32(26)38)16-28(30)34/h9-10,15-17,23H,1-8,11-14H2. The molecule has 0 radical (unpaired) electrons. The smallest absolute Gasteiger partial charge is 0.237 e. The van der Waals surface area contributed by atoms with Crippen molar-refractivity contribution in [1.82, 2.24) is 4.58 Å². The van der Waals surface area contributed by atoms with E-state index in [1.807, 2.05) is 0 Å². The molecule has 234 valence electrons. The maximum absolute atomic E-state index is 13.1. The Hall–Kier alpha value is -4.23. The van der Waals surface area contributed by atoms with Crippen molar-refractivity contribution in [3.05, 3.63) is 74.3 Å². The van der Waals surface area contributed by atoms with Gasteiger partial charge in [-0.2, -0.15) is 10.5 Å². The Balaban J connectivity index is 1.51. The number of ether oxygens (including phenoxy) is 1. The number of hydrogen-bond donors (Lipinski definition) is 0. The Labute approximate surface area is 267 Å². The molecule has 5 aliphatic rings. The van der Waals surface area contributed by atoms with E-state index in [0.29, 0.717) is 27.9 Å². The van der Waals surface area contributed by atoms with Crippen LogP contribution in [0.15, 0.2) is 40.1 Å². The highest BCUT2D eigenvalue weighted by Crippen LogP contribution is 2.49. The molecule has 0 fully saturated rings. The van der Waals surface area contributed by atoms with E-state index < -0.39 is 35.0 Å². The van der Waals surface area contributed by atoms with Gasteiger partial charge in [0.2, 0.25) is 20.4 Å². The molecule has 0 atom stereocenters. The molecule has 5 aliphatic heterocycles. The lowest BCUT2D eigenvalue weighted by Crippen LogP contribution is -2.45. The van der Waals surface area contributed by atoms with Crippen LogP contribution in [-0.4, -0.2) is 52.8 Å². The normalized spacial score (nSPS) is 18.0. The van der Waals surface area contributed by atoms with Gasteiger partial charge in [-0.05, 0) is 68.4 Å². The Morgan fingerprint density at radius 1 is 0.826 bits per heavy atom. The third-order valence-corrected chi connectivity index (χ3v) is 12.7. The number of nitriles is 2. The monoisotopic (exact) mass is 654 g/mol. The first kappa shape index (κ1) is 29.2. The number of fused-ring (bicyclic) bond motifs is 4. The summed E-state index contributed by atoms with van der Waals surface area (Å²) >= 11 is 0. The molecule has 0 aliphatic carbocycles. The van der Waals surface area contributed by atoms with Crippen molar-refractivity contribution in [1.29, 1.82) is 10.5 Å². The lowest BCUT2D eigenvalue weighted by Gasteiger charge is -2.39. The molecule has 0 spiro atoms. The van der Waals surface area contributed by atoms with E-state index in [0.717, 1.165) is 106 Å². The lowest BCUT2D eigenvalue weighted by atomic mass is 9.82. The first-order chi connectivity index (χ1) is 22.1. The zero-order chi connectivity index (χ0) is 32.0. The van der Waals surface area contributed by atoms with E-state index in [1.165, 1.54) is 35.3 Å². The van der Waals surface area contributed by atoms with Crippen LogP contribution in [0.25, 0.3) is 5.57 Å². The minimum atomic E-state index is -5.23. The fourth-order valence-corrected chi connectivity index (χ4v) is 10.1. The van der Waals surface area contributed by atoms with E-state index in [4.69, 9.17) is 4.74 Å². The van der Waals surface area contributed by atoms with E-state index >= 15 is 0 Å². The van der Waals surface area contributed by atoms with Crippen LogP contribution in [0.2, 0.25) is 0 Å². The van der Waals surface area contributed by atoms with Gasteiger partial charge in [-0.25, -0.2) is 21.4 Å². The van der Waals surface area contributed by atoms with Crippen molar-refractivity contribution >= 4 is 31.2 Å². The van der Waals surface area contributed by atoms with Gasteiger partial charge in [0, 0.05) is 64.7 Å². The second-order valence-electron chi connectivity index (χ2n) is 12.6. The van der Waals surface area contributed by atoms with Crippen LogP contribution in [0.4, 0.5) is 5.69 Å². The van der Waals surface area contributed by atoms with Crippen LogP contribution in [0.5, 0.6) is 11.5 Å². The van der Waals surface area contributed by atoms with Crippen LogP contribution in [0.1, 0.15) is 59.1 Å². The fraction of sp³-hybridized carbons (Fsp3) is 0.382. The van der Waals surface area contributed by atoms with Crippen molar-refractivity contribution in [3.63, 3.8) is 0 Å². The third kappa shape index (κ3) is 4.24. The quantitative estimate of drug-likeness (QED) is 0.238. The van der Waals surface area contributed by atoms with Crippen molar-refractivity contribution in [2.45, 2.75) is 66.4 Å². The van der Waals surface area contributed by atoms with Gasteiger partial charge in [0.1, 0.15) is 34.7 Å². The minimum absolute atomic E-state index is 0.0801. The molecule has 0 saturated carbocycles. The lowest BCUT2D eigenvalue weighted by molar-refractivity contribution is 0.431. The van der Waals surface area contributed by atoms with Crippen LogP contribution in [0, 0.1) is 22.7 Å². The summed E-state index contributed by atoms with van der Waals surface area (Å²) in [7, 11) is -9.80. The second kappa shape index (κ2) is 10.4. The van der Waals surface area contributed by atoms with E-state index in [1.54, 1.807) is 0 Å². The van der Waals surface area contributed by atoms with E-state index in [9.17, 15) is 31.9 Å². The maximum Gasteiger partial charge on any atom is 0.237 e. The molecule has 3 aromatic rings. The molecular weight excluding hydrogens is 625 g/mol. The number of nitrogens with zero attached hydrogens (tertiary/aromatic N) is 4. The van der Waals surface area contributed by atoms with Gasteiger partial charge in [-0.1, -0.05) is 6.07 Å². The Bertz CT molecular complexity index is 2320. The molecule has 0 bridgehead atoms. The molecule has 0 N–H and O–H groups in total. The number of aryl methyl sites for hydroxylation is 2. The van der Waals surface area contributed by atoms with Gasteiger partial charge in [0.15, 0.2) is 0 Å². The zero-order valence-corrected chi connectivity index (χ0v) is 26.6. The van der Waals surface area contributed by atoms with Crippen molar-refractivity contribution in [2.24, 2.45) is 0 Å². The van der Waals surface area contributed by atoms with Gasteiger partial charge in [-0.15, -0.1) is 0 Å². The van der Waals surface area contributed by atoms with Gasteiger partial charge in [-0.3, -0.25) is 0 Å². The van der Waals surface area contributed by atoms with Gasteiger partial charge in [0.05, 0.1) is 27.5 Å². The van der Waals surface area contributed by atoms with Crippen LogP contribution in [0.3, 0.4) is 0 Å². The highest BCUT2D eigenvalue weighted by atomic mass is 32.2. The Morgan fingerprint density at radius 3 is 2.26 bits per heavy atom. The molecule has 0 aromatic heterocycles. The summed E-state index contributed by atoms with van der Waals surface area (Å²) in [6.07, 6.45) is 7.16. The molecule has 0 unspecified atom stereocenters. The Morgan fingerprint density at radius 2 is 1.52 bits per heavy atom. The Kier molecular flexibility index (Phi) is 6.59. The highest BCUT2D eigenvalue weighted by Gasteiger charge is 2.37. The number of rotatable bonds is 4. The average Bonchev–Trinajstić information content (AvgIpc) is 3.04. The molecule has 12 heteroatoms. The van der Waals surface area contributed by atoms with E-state index in [-0.39, 0.29) is 5.56 Å². The summed E-state index contributed by atoms with van der Waals surface area (Å²) < 4.78 is 74.6. The molecule has 5 heterocycles. The first-order valence-corrected chi connectivity index (χ1v) is 18.6. The molecule has 3 aromatic carbocycles. The summed E-state index contributed by atoms with van der Waals surface area (Å²) in [5, 5.41) is 18.4. The summed E-state index contributed by atoms with van der Waals surface area (Å²) in [6.45, 7) is 3.84. The molecule has 46 heavy (non-hydrogen) atoms. The largest absolute Gasteiger partial charge is 0.744 e. The fourth-order valence-electron chi connectivity index (χ4n) is 8.20. The molecule has 0 amide bonds. The molecule has 10 nitrogen and oxygen atoms in total. The first-order valence-electron chi connectivity index (χ1n) is 15.7. The second-order valence-corrected chi connectivity index (χ2v) is 16.0. The summed E-state index contributed by atoms with van der Waals surface area (Å²) in [4.78, 5) is 1.13. The number of hydrogen-bond acceptors (Lipinski definition) is 9. The third-order valence-electron chi connectivity index (χ3n) is 10.1. The summed E-state index contributed by atoms with van der Waals surface area (Å²) in [5.74, 6) is 1.33. The SMILES string of the molecule is N#CC(C#N)S(=O)(=O)c1ccc(C2=c3cc4c5c(c3Oc3c2cc2c6c3CCCN6CCC2)CCC[N+]=5CCC4)c(S(=O)(=O)[O-])c1. The highest BCUT2D eigenvalue weighted by molar-refractivity contribution is 7.92. The van der Waals surface area contributed by atoms with Gasteiger partial charge in [0.25, 0.3) is 0 Å². The van der Waals surface area contributed by atoms with Crippen molar-refractivity contribution in [3.8, 4) is 23.6 Å². The zero-order valence-electron chi connectivity index (χ0n) is 25.0. The van der Waals surface area contributed by atoms with Gasteiger partial charge >= 0.3 is 0 Å². The minimum Gasteiger partial charge on any atom is -0.744 e. The van der Waals surface area contributed by atoms with Crippen LogP contribution < -0.4 is 24.8 Å². The van der Waals surface area contributed by atoms with E-state index in [2.05, 4.69) is 21.6 Å². The molecular formula is C34H30N4O6S2. The van der Waals surface area contributed by atoms with Crippen molar-refractivity contribution in [2.75, 3.05) is 31.1 Å². The number of anilines is 1. The number of benzene rings is 3. The molecule has 0 saturated heterocycles. The maximum atomic E-state index is 13.1. The average molecular weight is 655 g/mol. The summed E-state index contributed by atoms with van der Waals surface area (Å²) in [5.41, 5.74) is 6.92. The van der Waals surface area contributed by atoms with Gasteiger partial charge < -0.3 is 14.2 Å². The number of sulfone groups is 1. The molecule has 8 rings (SSSR count). The van der Waals surface area contributed by atoms with Crippen LogP contribution in [-0.2, 0) is 45.6 Å². The van der Waals surface area contributed by atoms with Crippen molar-refractivity contribution < 1.29 is 26.1 Å². The van der Waals surface area contributed by atoms with Crippen LogP contribution >= 0.6 is 0 Å². The topological polar surface area (TPSA) is 154 Å². The predicted octanol–water partition coefficient (Wildman–Crippen LogP) is 2.22. The summed E-state index contributed by atoms with van der Waals surface area (Å²) in [6, 6.07) is 10.4.